The Balaban J connectivity index is 1.42. The third-order valence-electron chi connectivity index (χ3n) is 4.85. The number of carbonyl (C=O) groups excluding carboxylic acids is 5. The maximum atomic E-state index is 12.7. The van der Waals surface area contributed by atoms with Gasteiger partial charge in [0.1, 0.15) is 5.76 Å². The smallest absolute Gasteiger partial charge is 0.338 e. The molecular formula is C23H17N3O7. The number of imide groups is 1. The van der Waals surface area contributed by atoms with Gasteiger partial charge in [0.05, 0.1) is 16.7 Å². The fourth-order valence-corrected chi connectivity index (χ4v) is 3.26. The molecule has 0 bridgehead atoms. The van der Waals surface area contributed by atoms with Gasteiger partial charge in [-0.05, 0) is 44.2 Å². The van der Waals surface area contributed by atoms with Gasteiger partial charge in [-0.2, -0.15) is 0 Å². The molecule has 0 radical (unpaired) electrons. The maximum absolute atomic E-state index is 12.7. The van der Waals surface area contributed by atoms with E-state index in [1.54, 1.807) is 25.1 Å². The zero-order valence-corrected chi connectivity index (χ0v) is 17.6. The Labute approximate surface area is 187 Å². The molecule has 166 valence electrons. The number of carbonyl (C=O) groups is 5. The summed E-state index contributed by atoms with van der Waals surface area (Å²) in [7, 11) is 0. The van der Waals surface area contributed by atoms with Gasteiger partial charge < -0.3 is 14.6 Å². The molecular weight excluding hydrogens is 430 g/mol. The molecule has 0 spiro atoms. The number of anilines is 2. The zero-order chi connectivity index (χ0) is 23.7. The molecule has 0 unspecified atom stereocenters. The summed E-state index contributed by atoms with van der Waals surface area (Å²) in [6.45, 7) is 2.44. The second kappa shape index (κ2) is 8.50. The summed E-state index contributed by atoms with van der Waals surface area (Å²) in [5.41, 5.74) is 0.936. The van der Waals surface area contributed by atoms with Crippen LogP contribution in [0.25, 0.3) is 0 Å². The van der Waals surface area contributed by atoms with E-state index in [1.165, 1.54) is 37.3 Å². The van der Waals surface area contributed by atoms with E-state index in [9.17, 15) is 24.0 Å². The number of nitrogens with zero attached hydrogens (tertiary/aromatic N) is 2. The molecule has 1 aliphatic heterocycles. The molecule has 3 amide bonds. The van der Waals surface area contributed by atoms with E-state index in [0.29, 0.717) is 17.0 Å². The Morgan fingerprint density at radius 1 is 1.00 bits per heavy atom. The second-order valence-electron chi connectivity index (χ2n) is 7.26. The number of benzene rings is 2. The van der Waals surface area contributed by atoms with Crippen molar-refractivity contribution in [3.05, 3.63) is 76.5 Å². The minimum absolute atomic E-state index is 0.000500. The second-order valence-corrected chi connectivity index (χ2v) is 7.26. The molecule has 2 heterocycles. The van der Waals surface area contributed by atoms with Crippen molar-refractivity contribution in [2.24, 2.45) is 0 Å². The van der Waals surface area contributed by atoms with Gasteiger partial charge in [0.2, 0.25) is 0 Å². The van der Waals surface area contributed by atoms with Crippen molar-refractivity contribution in [3.8, 4) is 0 Å². The minimum Gasteiger partial charge on any atom is -0.452 e. The summed E-state index contributed by atoms with van der Waals surface area (Å²) in [5, 5.41) is 6.23. The van der Waals surface area contributed by atoms with Crippen molar-refractivity contribution in [2.45, 2.75) is 13.8 Å². The molecule has 10 nitrogen and oxygen atoms in total. The van der Waals surface area contributed by atoms with Gasteiger partial charge in [0.15, 0.2) is 18.2 Å². The monoisotopic (exact) mass is 447 g/mol. The highest BCUT2D eigenvalue weighted by Gasteiger charge is 2.38. The van der Waals surface area contributed by atoms with E-state index in [2.05, 4.69) is 10.5 Å². The minimum atomic E-state index is -0.846. The number of aryl methyl sites for hydroxylation is 1. The van der Waals surface area contributed by atoms with Gasteiger partial charge in [-0.15, -0.1) is 0 Å². The first-order chi connectivity index (χ1) is 15.7. The maximum Gasteiger partial charge on any atom is 0.338 e. The summed E-state index contributed by atoms with van der Waals surface area (Å²) in [5.74, 6) is -2.37. The average molecular weight is 447 g/mol. The molecule has 0 saturated carbocycles. The van der Waals surface area contributed by atoms with Gasteiger partial charge in [0, 0.05) is 17.3 Å². The summed E-state index contributed by atoms with van der Waals surface area (Å²) >= 11 is 0. The van der Waals surface area contributed by atoms with E-state index in [0.717, 1.165) is 4.90 Å². The van der Waals surface area contributed by atoms with Crippen molar-refractivity contribution in [3.63, 3.8) is 0 Å². The van der Waals surface area contributed by atoms with Crippen LogP contribution in [0, 0.1) is 6.92 Å². The lowest BCUT2D eigenvalue weighted by atomic mass is 10.1. The van der Waals surface area contributed by atoms with Crippen LogP contribution >= 0.6 is 0 Å². The van der Waals surface area contributed by atoms with E-state index in [-0.39, 0.29) is 28.3 Å². The normalized spacial score (nSPS) is 12.5. The standard InChI is InChI=1S/C23H17N3O7/c1-12-8-19(25-33-12)26-21(29)17-7-6-15(10-18(17)22(26)30)23(31)32-11-20(28)24-16-5-3-4-14(9-16)13(2)27/h3-10H,11H2,1-2H3,(H,24,28). The summed E-state index contributed by atoms with van der Waals surface area (Å²) in [6.07, 6.45) is 0. The number of hydrogen-bond donors (Lipinski definition) is 1. The molecule has 1 N–H and O–H groups in total. The topological polar surface area (TPSA) is 136 Å². The molecule has 0 atom stereocenters. The highest BCUT2D eigenvalue weighted by molar-refractivity contribution is 6.34. The van der Waals surface area contributed by atoms with Crippen LogP contribution in [0.5, 0.6) is 0 Å². The predicted molar refractivity (Wildman–Crippen MR) is 114 cm³/mol. The Morgan fingerprint density at radius 3 is 2.45 bits per heavy atom. The Hall–Kier alpha value is -4.60. The first kappa shape index (κ1) is 21.6. The summed E-state index contributed by atoms with van der Waals surface area (Å²) < 4.78 is 9.95. The number of fused-ring (bicyclic) bond motifs is 1. The van der Waals surface area contributed by atoms with Gasteiger partial charge in [-0.3, -0.25) is 19.2 Å². The summed E-state index contributed by atoms with van der Waals surface area (Å²) in [6, 6.07) is 11.7. The highest BCUT2D eigenvalue weighted by atomic mass is 16.5. The first-order valence-corrected chi connectivity index (χ1v) is 9.78. The molecule has 3 aromatic rings. The van der Waals surface area contributed by atoms with E-state index in [4.69, 9.17) is 9.26 Å². The van der Waals surface area contributed by atoms with Gasteiger partial charge in [-0.25, -0.2) is 9.69 Å². The predicted octanol–water partition coefficient (Wildman–Crippen LogP) is 2.78. The molecule has 0 aliphatic carbocycles. The van der Waals surface area contributed by atoms with Crippen molar-refractivity contribution >= 4 is 41.0 Å². The number of ketones is 1. The molecule has 0 saturated heterocycles. The zero-order valence-electron chi connectivity index (χ0n) is 17.6. The number of hydrogen-bond acceptors (Lipinski definition) is 8. The number of nitrogens with one attached hydrogen (secondary N) is 1. The van der Waals surface area contributed by atoms with Crippen LogP contribution in [0.15, 0.2) is 53.1 Å². The first-order valence-electron chi connectivity index (χ1n) is 9.78. The quantitative estimate of drug-likeness (QED) is 0.346. The third kappa shape index (κ3) is 4.26. The lowest BCUT2D eigenvalue weighted by molar-refractivity contribution is -0.119. The van der Waals surface area contributed by atoms with Crippen LogP contribution in [0.3, 0.4) is 0 Å². The Kier molecular flexibility index (Phi) is 5.57. The number of amides is 3. The fourth-order valence-electron chi connectivity index (χ4n) is 3.26. The van der Waals surface area contributed by atoms with Crippen LogP contribution in [0.2, 0.25) is 0 Å². The Morgan fingerprint density at radius 2 is 1.76 bits per heavy atom. The van der Waals surface area contributed by atoms with Crippen LogP contribution in [0.4, 0.5) is 11.5 Å². The van der Waals surface area contributed by atoms with E-state index < -0.39 is 30.3 Å². The summed E-state index contributed by atoms with van der Waals surface area (Å²) in [4.78, 5) is 62.1. The number of Topliss-reactive ketones (excluding diaryl/α,β-unsaturated/α-hetero) is 1. The van der Waals surface area contributed by atoms with Gasteiger partial charge in [-0.1, -0.05) is 17.3 Å². The van der Waals surface area contributed by atoms with Crippen molar-refractivity contribution in [1.29, 1.82) is 0 Å². The lowest BCUT2D eigenvalue weighted by Crippen LogP contribution is -2.29. The van der Waals surface area contributed by atoms with Gasteiger partial charge >= 0.3 is 5.97 Å². The number of aromatic nitrogens is 1. The van der Waals surface area contributed by atoms with E-state index in [1.807, 2.05) is 0 Å². The van der Waals surface area contributed by atoms with Crippen LogP contribution in [-0.2, 0) is 9.53 Å². The van der Waals surface area contributed by atoms with Gasteiger partial charge in [0.25, 0.3) is 17.7 Å². The number of esters is 1. The SMILES string of the molecule is CC(=O)c1cccc(NC(=O)COC(=O)c2ccc3c(c2)C(=O)N(c2cc(C)on2)C3=O)c1. The largest absolute Gasteiger partial charge is 0.452 e. The molecule has 2 aromatic carbocycles. The Bertz CT molecular complexity index is 1330. The van der Waals surface area contributed by atoms with Crippen LogP contribution < -0.4 is 10.2 Å². The van der Waals surface area contributed by atoms with Crippen molar-refractivity contribution in [1.82, 2.24) is 5.16 Å². The molecule has 33 heavy (non-hydrogen) atoms. The molecule has 1 aliphatic rings. The molecule has 1 aromatic heterocycles. The van der Waals surface area contributed by atoms with Crippen LogP contribution in [0.1, 0.15) is 54.1 Å². The lowest BCUT2D eigenvalue weighted by Gasteiger charge is -2.08. The fraction of sp³-hybridized carbons (Fsp3) is 0.130. The van der Waals surface area contributed by atoms with E-state index >= 15 is 0 Å². The van der Waals surface area contributed by atoms with Crippen molar-refractivity contribution < 1.29 is 33.2 Å². The number of rotatable bonds is 6. The average Bonchev–Trinajstić information content (AvgIpc) is 3.32. The molecule has 4 rings (SSSR count). The molecule has 0 fully saturated rings. The number of ether oxygens (including phenoxy) is 1. The highest BCUT2D eigenvalue weighted by Crippen LogP contribution is 2.29. The molecule has 10 heteroatoms. The van der Waals surface area contributed by atoms with Crippen LogP contribution in [-0.4, -0.2) is 41.2 Å². The third-order valence-corrected chi connectivity index (χ3v) is 4.85. The van der Waals surface area contributed by atoms with Crippen molar-refractivity contribution in [2.75, 3.05) is 16.8 Å².